The highest BCUT2D eigenvalue weighted by atomic mass is 15.0. The van der Waals surface area contributed by atoms with Crippen LogP contribution in [0.5, 0.6) is 0 Å². The Hall–Kier alpha value is -1.94. The molecule has 0 unspecified atom stereocenters. The second-order valence-electron chi connectivity index (χ2n) is 4.27. The zero-order valence-electron chi connectivity index (χ0n) is 10.8. The smallest absolute Gasteiger partial charge is 0.148 e. The van der Waals surface area contributed by atoms with E-state index in [-0.39, 0.29) is 0 Å². The van der Waals surface area contributed by atoms with Crippen LogP contribution in [0.2, 0.25) is 0 Å². The number of benzene rings is 1. The minimum atomic E-state index is 0.552. The van der Waals surface area contributed by atoms with Gasteiger partial charge in [-0.15, -0.1) is 0 Å². The summed E-state index contributed by atoms with van der Waals surface area (Å²) in [7, 11) is 0. The molecule has 0 radical (unpaired) electrons. The lowest BCUT2D eigenvalue weighted by Crippen LogP contribution is -2.08. The number of nitrogens with two attached hydrogens (primary N) is 1. The Kier molecular flexibility index (Phi) is 3.89. The van der Waals surface area contributed by atoms with E-state index < -0.39 is 0 Å². The van der Waals surface area contributed by atoms with Gasteiger partial charge in [-0.2, -0.15) is 0 Å². The highest BCUT2D eigenvalue weighted by Crippen LogP contribution is 2.13. The first-order valence-corrected chi connectivity index (χ1v) is 6.01. The molecule has 94 valence electrons. The summed E-state index contributed by atoms with van der Waals surface area (Å²) in [6.07, 6.45) is 1.77. The minimum absolute atomic E-state index is 0.552. The summed E-state index contributed by atoms with van der Waals surface area (Å²) in [5.74, 6) is 0.835. The van der Waals surface area contributed by atoms with Gasteiger partial charge in [0, 0.05) is 19.3 Å². The van der Waals surface area contributed by atoms with Crippen molar-refractivity contribution < 1.29 is 0 Å². The van der Waals surface area contributed by atoms with Gasteiger partial charge in [-0.3, -0.25) is 4.98 Å². The van der Waals surface area contributed by atoms with Crippen molar-refractivity contribution in [2.24, 2.45) is 5.73 Å². The van der Waals surface area contributed by atoms with Crippen LogP contribution in [0, 0.1) is 13.8 Å². The molecule has 0 amide bonds. The summed E-state index contributed by atoms with van der Waals surface area (Å²) in [5, 5.41) is 3.32. The Labute approximate surface area is 107 Å². The number of nitrogens with zero attached hydrogens (tertiary/aromatic N) is 2. The van der Waals surface area contributed by atoms with Crippen LogP contribution in [-0.2, 0) is 13.1 Å². The van der Waals surface area contributed by atoms with Crippen LogP contribution in [0.3, 0.4) is 0 Å². The summed E-state index contributed by atoms with van der Waals surface area (Å²) in [4.78, 5) is 8.72. The minimum Gasteiger partial charge on any atom is -0.364 e. The Bertz CT molecular complexity index is 537. The van der Waals surface area contributed by atoms with Crippen molar-refractivity contribution in [1.29, 1.82) is 0 Å². The lowest BCUT2D eigenvalue weighted by atomic mass is 10.1. The van der Waals surface area contributed by atoms with Crippen LogP contribution < -0.4 is 11.1 Å². The molecule has 2 rings (SSSR count). The molecule has 0 fully saturated rings. The highest BCUT2D eigenvalue weighted by molar-refractivity contribution is 5.41. The van der Waals surface area contributed by atoms with Gasteiger partial charge in [-0.1, -0.05) is 24.3 Å². The number of aryl methyl sites for hydroxylation is 2. The molecule has 0 saturated carbocycles. The number of rotatable bonds is 4. The Morgan fingerprint density at radius 2 is 1.89 bits per heavy atom. The predicted molar refractivity (Wildman–Crippen MR) is 73.2 cm³/mol. The topological polar surface area (TPSA) is 63.8 Å². The zero-order valence-corrected chi connectivity index (χ0v) is 10.8. The summed E-state index contributed by atoms with van der Waals surface area (Å²) in [6.45, 7) is 5.15. The van der Waals surface area contributed by atoms with Gasteiger partial charge in [0.1, 0.15) is 5.82 Å². The fraction of sp³-hybridized carbons (Fsp3) is 0.286. The van der Waals surface area contributed by atoms with Crippen molar-refractivity contribution in [2.75, 3.05) is 5.32 Å². The number of hydrogen-bond donors (Lipinski definition) is 2. The van der Waals surface area contributed by atoms with E-state index >= 15 is 0 Å². The molecule has 0 bridgehead atoms. The van der Waals surface area contributed by atoms with E-state index in [9.17, 15) is 0 Å². The quantitative estimate of drug-likeness (QED) is 0.862. The SMILES string of the molecule is Cc1cnc(C)c(NCc2ccccc2CN)n1. The van der Waals surface area contributed by atoms with Crippen molar-refractivity contribution in [3.63, 3.8) is 0 Å². The molecule has 0 aliphatic carbocycles. The first-order valence-electron chi connectivity index (χ1n) is 6.01. The summed E-state index contributed by atoms with van der Waals surface area (Å²) >= 11 is 0. The molecular formula is C14H18N4. The first kappa shape index (κ1) is 12.5. The first-order chi connectivity index (χ1) is 8.70. The monoisotopic (exact) mass is 242 g/mol. The second kappa shape index (κ2) is 5.60. The molecule has 0 aliphatic rings. The van der Waals surface area contributed by atoms with Crippen LogP contribution in [0.25, 0.3) is 0 Å². The zero-order chi connectivity index (χ0) is 13.0. The molecule has 2 aromatic rings. The van der Waals surface area contributed by atoms with Crippen LogP contribution >= 0.6 is 0 Å². The van der Waals surface area contributed by atoms with E-state index in [0.717, 1.165) is 22.8 Å². The van der Waals surface area contributed by atoms with E-state index in [1.165, 1.54) is 5.56 Å². The van der Waals surface area contributed by atoms with Gasteiger partial charge < -0.3 is 11.1 Å². The van der Waals surface area contributed by atoms with E-state index in [4.69, 9.17) is 5.73 Å². The molecule has 0 spiro atoms. The van der Waals surface area contributed by atoms with Crippen LogP contribution in [0.15, 0.2) is 30.5 Å². The summed E-state index contributed by atoms with van der Waals surface area (Å²) in [5.41, 5.74) is 9.89. The molecule has 1 aromatic heterocycles. The fourth-order valence-electron chi connectivity index (χ4n) is 1.81. The maximum Gasteiger partial charge on any atom is 0.148 e. The van der Waals surface area contributed by atoms with Crippen LogP contribution in [0.1, 0.15) is 22.5 Å². The highest BCUT2D eigenvalue weighted by Gasteiger charge is 2.03. The molecule has 4 nitrogen and oxygen atoms in total. The molecule has 1 heterocycles. The van der Waals surface area contributed by atoms with Gasteiger partial charge in [-0.25, -0.2) is 4.98 Å². The third kappa shape index (κ3) is 2.84. The van der Waals surface area contributed by atoms with E-state index in [2.05, 4.69) is 21.4 Å². The lowest BCUT2D eigenvalue weighted by Gasteiger charge is -2.11. The van der Waals surface area contributed by atoms with Crippen molar-refractivity contribution >= 4 is 5.82 Å². The van der Waals surface area contributed by atoms with E-state index in [1.807, 2.05) is 32.0 Å². The standard InChI is InChI=1S/C14H18N4/c1-10-8-16-11(2)14(18-10)17-9-13-6-4-3-5-12(13)7-15/h3-6,8H,7,9,15H2,1-2H3,(H,17,18). The molecule has 0 aliphatic heterocycles. The van der Waals surface area contributed by atoms with E-state index in [0.29, 0.717) is 13.1 Å². The molecular weight excluding hydrogens is 224 g/mol. The third-order valence-corrected chi connectivity index (χ3v) is 2.86. The number of aromatic nitrogens is 2. The fourth-order valence-corrected chi connectivity index (χ4v) is 1.81. The molecule has 0 saturated heterocycles. The summed E-state index contributed by atoms with van der Waals surface area (Å²) < 4.78 is 0. The molecule has 1 aromatic carbocycles. The molecule has 0 atom stereocenters. The Morgan fingerprint density at radius 3 is 2.61 bits per heavy atom. The van der Waals surface area contributed by atoms with Gasteiger partial charge in [0.15, 0.2) is 0 Å². The van der Waals surface area contributed by atoms with E-state index in [1.54, 1.807) is 6.20 Å². The Balaban J connectivity index is 2.14. The average molecular weight is 242 g/mol. The van der Waals surface area contributed by atoms with Crippen LogP contribution in [-0.4, -0.2) is 9.97 Å². The summed E-state index contributed by atoms with van der Waals surface area (Å²) in [6, 6.07) is 8.15. The van der Waals surface area contributed by atoms with Crippen molar-refractivity contribution in [3.05, 3.63) is 53.0 Å². The lowest BCUT2D eigenvalue weighted by molar-refractivity contribution is 0.981. The average Bonchev–Trinajstić information content (AvgIpc) is 2.40. The molecule has 4 heteroatoms. The van der Waals surface area contributed by atoms with Gasteiger partial charge in [0.25, 0.3) is 0 Å². The van der Waals surface area contributed by atoms with Crippen molar-refractivity contribution in [1.82, 2.24) is 9.97 Å². The normalized spacial score (nSPS) is 10.4. The maximum atomic E-state index is 5.72. The van der Waals surface area contributed by atoms with Gasteiger partial charge in [-0.05, 0) is 25.0 Å². The third-order valence-electron chi connectivity index (χ3n) is 2.86. The largest absolute Gasteiger partial charge is 0.364 e. The Morgan fingerprint density at radius 1 is 1.17 bits per heavy atom. The van der Waals surface area contributed by atoms with Crippen molar-refractivity contribution in [2.45, 2.75) is 26.9 Å². The molecule has 18 heavy (non-hydrogen) atoms. The van der Waals surface area contributed by atoms with Gasteiger partial charge >= 0.3 is 0 Å². The van der Waals surface area contributed by atoms with Gasteiger partial charge in [0.2, 0.25) is 0 Å². The number of anilines is 1. The van der Waals surface area contributed by atoms with Crippen molar-refractivity contribution in [3.8, 4) is 0 Å². The molecule has 3 N–H and O–H groups in total. The second-order valence-corrected chi connectivity index (χ2v) is 4.27. The van der Waals surface area contributed by atoms with Gasteiger partial charge in [0.05, 0.1) is 11.4 Å². The maximum absolute atomic E-state index is 5.72. The van der Waals surface area contributed by atoms with Crippen LogP contribution in [0.4, 0.5) is 5.82 Å². The number of nitrogens with one attached hydrogen (secondary N) is 1. The predicted octanol–water partition coefficient (Wildman–Crippen LogP) is 2.16. The number of hydrogen-bond acceptors (Lipinski definition) is 4.